The molecule has 2 atom stereocenters. The van der Waals surface area contributed by atoms with Crippen molar-refractivity contribution in [1.82, 2.24) is 5.32 Å². The third kappa shape index (κ3) is 2.32. The Balaban J connectivity index is 0.000001000. The highest BCUT2D eigenvalue weighted by molar-refractivity contribution is 5.85. The summed E-state index contributed by atoms with van der Waals surface area (Å²) in [5.74, 6) is 0.602. The van der Waals surface area contributed by atoms with E-state index in [9.17, 15) is 5.11 Å². The second-order valence-electron chi connectivity index (χ2n) is 3.81. The SMILES string of the molecule is CC(C)C1(C)CC(O)CN1.Cl. The number of halogens is 1. The molecule has 0 spiro atoms. The van der Waals surface area contributed by atoms with Gasteiger partial charge in [0.25, 0.3) is 0 Å². The molecule has 3 heteroatoms. The maximum absolute atomic E-state index is 9.25. The van der Waals surface area contributed by atoms with Crippen LogP contribution >= 0.6 is 12.4 Å². The summed E-state index contributed by atoms with van der Waals surface area (Å²) in [6.07, 6.45) is 0.761. The van der Waals surface area contributed by atoms with E-state index in [4.69, 9.17) is 0 Å². The van der Waals surface area contributed by atoms with Crippen LogP contribution in [0.4, 0.5) is 0 Å². The normalized spacial score (nSPS) is 37.4. The number of rotatable bonds is 1. The summed E-state index contributed by atoms with van der Waals surface area (Å²) >= 11 is 0. The van der Waals surface area contributed by atoms with Gasteiger partial charge in [-0.2, -0.15) is 0 Å². The van der Waals surface area contributed by atoms with Crippen LogP contribution in [0.15, 0.2) is 0 Å². The molecule has 68 valence electrons. The second kappa shape index (κ2) is 3.74. The number of hydrogen-bond acceptors (Lipinski definition) is 2. The van der Waals surface area contributed by atoms with Crippen LogP contribution in [-0.4, -0.2) is 23.3 Å². The van der Waals surface area contributed by atoms with Crippen molar-refractivity contribution in [2.45, 2.75) is 38.8 Å². The van der Waals surface area contributed by atoms with Crippen molar-refractivity contribution in [2.24, 2.45) is 5.92 Å². The average molecular weight is 180 g/mol. The van der Waals surface area contributed by atoms with Gasteiger partial charge in [0.1, 0.15) is 0 Å². The van der Waals surface area contributed by atoms with E-state index in [-0.39, 0.29) is 24.0 Å². The van der Waals surface area contributed by atoms with Crippen LogP contribution in [0.5, 0.6) is 0 Å². The topological polar surface area (TPSA) is 32.3 Å². The van der Waals surface area contributed by atoms with E-state index in [0.29, 0.717) is 5.92 Å². The molecule has 0 aromatic heterocycles. The monoisotopic (exact) mass is 179 g/mol. The van der Waals surface area contributed by atoms with Gasteiger partial charge in [-0.25, -0.2) is 0 Å². The highest BCUT2D eigenvalue weighted by atomic mass is 35.5. The molecule has 1 rings (SSSR count). The highest BCUT2D eigenvalue weighted by Gasteiger charge is 2.35. The number of aliphatic hydroxyl groups excluding tert-OH is 1. The maximum Gasteiger partial charge on any atom is 0.0682 e. The Morgan fingerprint density at radius 1 is 1.55 bits per heavy atom. The summed E-state index contributed by atoms with van der Waals surface area (Å²) in [4.78, 5) is 0. The molecule has 11 heavy (non-hydrogen) atoms. The third-order valence-corrected chi connectivity index (χ3v) is 2.68. The summed E-state index contributed by atoms with van der Waals surface area (Å²) in [5.41, 5.74) is 0.166. The van der Waals surface area contributed by atoms with Crippen molar-refractivity contribution in [3.8, 4) is 0 Å². The van der Waals surface area contributed by atoms with Gasteiger partial charge in [0.2, 0.25) is 0 Å². The predicted octanol–water partition coefficient (Wildman–Crippen LogP) is 1.18. The fourth-order valence-electron chi connectivity index (χ4n) is 1.42. The first kappa shape index (κ1) is 11.2. The van der Waals surface area contributed by atoms with Crippen molar-refractivity contribution in [2.75, 3.05) is 6.54 Å². The summed E-state index contributed by atoms with van der Waals surface area (Å²) in [5, 5.41) is 12.6. The molecule has 2 N–H and O–H groups in total. The lowest BCUT2D eigenvalue weighted by Gasteiger charge is -2.28. The van der Waals surface area contributed by atoms with Crippen LogP contribution < -0.4 is 5.32 Å². The summed E-state index contributed by atoms with van der Waals surface area (Å²) < 4.78 is 0. The third-order valence-electron chi connectivity index (χ3n) is 2.68. The zero-order chi connectivity index (χ0) is 7.78. The minimum absolute atomic E-state index is 0. The van der Waals surface area contributed by atoms with Gasteiger partial charge in [0, 0.05) is 12.1 Å². The van der Waals surface area contributed by atoms with E-state index < -0.39 is 0 Å². The Morgan fingerprint density at radius 3 is 2.27 bits per heavy atom. The van der Waals surface area contributed by atoms with Gasteiger partial charge < -0.3 is 10.4 Å². The van der Waals surface area contributed by atoms with Crippen molar-refractivity contribution in [1.29, 1.82) is 0 Å². The lowest BCUT2D eigenvalue weighted by atomic mass is 9.87. The first-order valence-corrected chi connectivity index (χ1v) is 3.98. The first-order chi connectivity index (χ1) is 4.54. The summed E-state index contributed by atoms with van der Waals surface area (Å²) in [6.45, 7) is 7.30. The molecule has 0 radical (unpaired) electrons. The molecule has 2 unspecified atom stereocenters. The largest absolute Gasteiger partial charge is 0.392 e. The van der Waals surface area contributed by atoms with Crippen molar-refractivity contribution in [3.05, 3.63) is 0 Å². The van der Waals surface area contributed by atoms with Gasteiger partial charge in [-0.1, -0.05) is 13.8 Å². The first-order valence-electron chi connectivity index (χ1n) is 3.98. The Bertz CT molecular complexity index is 129. The predicted molar refractivity (Wildman–Crippen MR) is 49.1 cm³/mol. The van der Waals surface area contributed by atoms with Crippen LogP contribution in [0.3, 0.4) is 0 Å². The molecule has 0 aliphatic carbocycles. The highest BCUT2D eigenvalue weighted by Crippen LogP contribution is 2.26. The van der Waals surface area contributed by atoms with Gasteiger partial charge in [0.05, 0.1) is 6.10 Å². The van der Waals surface area contributed by atoms with Crippen molar-refractivity contribution in [3.63, 3.8) is 0 Å². The van der Waals surface area contributed by atoms with Crippen LogP contribution in [-0.2, 0) is 0 Å². The van der Waals surface area contributed by atoms with E-state index in [1.54, 1.807) is 0 Å². The maximum atomic E-state index is 9.25. The minimum Gasteiger partial charge on any atom is -0.392 e. The number of aliphatic hydroxyl groups is 1. The Morgan fingerprint density at radius 2 is 2.09 bits per heavy atom. The molecule has 1 aliphatic heterocycles. The molecule has 0 amide bonds. The molecule has 1 heterocycles. The molecule has 0 saturated carbocycles. The molecular formula is C8H18ClNO. The van der Waals surface area contributed by atoms with Gasteiger partial charge in [-0.05, 0) is 19.3 Å². The van der Waals surface area contributed by atoms with Crippen LogP contribution in [0.25, 0.3) is 0 Å². The van der Waals surface area contributed by atoms with E-state index >= 15 is 0 Å². The number of β-amino-alcohol motifs (C(OH)–C–C–N with tert-alkyl or cyclic N) is 1. The fourth-order valence-corrected chi connectivity index (χ4v) is 1.42. The van der Waals surface area contributed by atoms with Gasteiger partial charge in [0.15, 0.2) is 0 Å². The standard InChI is InChI=1S/C8H17NO.ClH/c1-6(2)8(3)4-7(10)5-9-8;/h6-7,9-10H,4-5H2,1-3H3;1H. The Kier molecular flexibility index (Phi) is 3.82. The fraction of sp³-hybridized carbons (Fsp3) is 1.00. The van der Waals surface area contributed by atoms with Gasteiger partial charge >= 0.3 is 0 Å². The molecule has 1 fully saturated rings. The van der Waals surface area contributed by atoms with E-state index in [1.165, 1.54) is 0 Å². The Hall–Kier alpha value is 0.210. The second-order valence-corrected chi connectivity index (χ2v) is 3.81. The lowest BCUT2D eigenvalue weighted by molar-refractivity contribution is 0.177. The number of nitrogens with one attached hydrogen (secondary N) is 1. The van der Waals surface area contributed by atoms with Gasteiger partial charge in [-0.15, -0.1) is 12.4 Å². The summed E-state index contributed by atoms with van der Waals surface area (Å²) in [7, 11) is 0. The van der Waals surface area contributed by atoms with E-state index in [2.05, 4.69) is 26.1 Å². The lowest BCUT2D eigenvalue weighted by Crippen LogP contribution is -2.41. The van der Waals surface area contributed by atoms with Crippen molar-refractivity contribution >= 4 is 12.4 Å². The molecule has 0 bridgehead atoms. The Labute approximate surface area is 74.8 Å². The van der Waals surface area contributed by atoms with Crippen LogP contribution in [0.2, 0.25) is 0 Å². The molecule has 0 aromatic rings. The quantitative estimate of drug-likeness (QED) is 0.634. The summed E-state index contributed by atoms with van der Waals surface area (Å²) in [6, 6.07) is 0. The van der Waals surface area contributed by atoms with E-state index in [0.717, 1.165) is 13.0 Å². The molecule has 0 aromatic carbocycles. The van der Waals surface area contributed by atoms with Gasteiger partial charge in [-0.3, -0.25) is 0 Å². The van der Waals surface area contributed by atoms with E-state index in [1.807, 2.05) is 0 Å². The molecule has 1 saturated heterocycles. The molecule has 1 aliphatic rings. The van der Waals surface area contributed by atoms with Crippen molar-refractivity contribution < 1.29 is 5.11 Å². The zero-order valence-corrected chi connectivity index (χ0v) is 8.24. The molecule has 2 nitrogen and oxygen atoms in total. The average Bonchev–Trinajstić information content (AvgIpc) is 2.13. The zero-order valence-electron chi connectivity index (χ0n) is 7.42. The molecular weight excluding hydrogens is 162 g/mol. The van der Waals surface area contributed by atoms with Crippen LogP contribution in [0, 0.1) is 5.92 Å². The van der Waals surface area contributed by atoms with Crippen LogP contribution in [0.1, 0.15) is 27.2 Å². The smallest absolute Gasteiger partial charge is 0.0682 e. The number of hydrogen-bond donors (Lipinski definition) is 2. The minimum atomic E-state index is -0.132.